The number of hydrogen-bond acceptors (Lipinski definition) is 3. The summed E-state index contributed by atoms with van der Waals surface area (Å²) in [5.74, 6) is -0.971. The summed E-state index contributed by atoms with van der Waals surface area (Å²) >= 11 is 6.24. The molecule has 1 fully saturated rings. The molecule has 21 heavy (non-hydrogen) atoms. The molecule has 5 heteroatoms. The van der Waals surface area contributed by atoms with Crippen molar-refractivity contribution in [3.8, 4) is 0 Å². The molecule has 0 radical (unpaired) electrons. The lowest BCUT2D eigenvalue weighted by Gasteiger charge is -2.37. The van der Waals surface area contributed by atoms with Gasteiger partial charge < -0.3 is 14.9 Å². The highest BCUT2D eigenvalue weighted by molar-refractivity contribution is 6.32. The van der Waals surface area contributed by atoms with E-state index in [4.69, 9.17) is 16.7 Å². The first-order valence-corrected chi connectivity index (χ1v) is 7.47. The van der Waals surface area contributed by atoms with Crippen LogP contribution in [0.3, 0.4) is 0 Å². The van der Waals surface area contributed by atoms with Gasteiger partial charge in [0, 0.05) is 42.0 Å². The molecule has 1 atom stereocenters. The fourth-order valence-electron chi connectivity index (χ4n) is 2.80. The van der Waals surface area contributed by atoms with Crippen LogP contribution in [0.2, 0.25) is 5.02 Å². The van der Waals surface area contributed by atoms with Gasteiger partial charge in [-0.05, 0) is 44.6 Å². The standard InChI is InChI=1S/C16H21ClN2O2/c1-18-10-4-5-12(11-18)19(2)15-7-3-6-14(17)13(15)8-9-16(20)21/h3,6-9,12H,4-5,10-11H2,1-2H3,(H,20,21). The van der Waals surface area contributed by atoms with Crippen LogP contribution in [0.1, 0.15) is 18.4 Å². The van der Waals surface area contributed by atoms with E-state index in [0.29, 0.717) is 11.1 Å². The molecule has 2 rings (SSSR count). The Morgan fingerprint density at radius 2 is 2.29 bits per heavy atom. The van der Waals surface area contributed by atoms with E-state index in [0.717, 1.165) is 36.8 Å². The molecule has 1 aliphatic heterocycles. The molecule has 1 aliphatic rings. The van der Waals surface area contributed by atoms with Gasteiger partial charge in [0.25, 0.3) is 0 Å². The Bertz CT molecular complexity index is 545. The Kier molecular flexibility index (Phi) is 5.26. The van der Waals surface area contributed by atoms with Gasteiger partial charge in [0.05, 0.1) is 0 Å². The third-order valence-corrected chi connectivity index (χ3v) is 4.28. The molecule has 114 valence electrons. The summed E-state index contributed by atoms with van der Waals surface area (Å²) in [5, 5.41) is 9.40. The normalized spacial score (nSPS) is 19.9. The van der Waals surface area contributed by atoms with Gasteiger partial charge in [-0.1, -0.05) is 17.7 Å². The Hall–Kier alpha value is -1.52. The molecule has 0 aromatic heterocycles. The minimum absolute atomic E-state index is 0.416. The summed E-state index contributed by atoms with van der Waals surface area (Å²) in [4.78, 5) is 15.3. The van der Waals surface area contributed by atoms with Gasteiger partial charge in [-0.25, -0.2) is 4.79 Å². The molecule has 0 bridgehead atoms. The summed E-state index contributed by atoms with van der Waals surface area (Å²) in [7, 11) is 4.18. The smallest absolute Gasteiger partial charge is 0.328 e. The van der Waals surface area contributed by atoms with Gasteiger partial charge in [-0.3, -0.25) is 0 Å². The average Bonchev–Trinajstić information content (AvgIpc) is 2.45. The SMILES string of the molecule is CN1CCCC(N(C)c2cccc(Cl)c2C=CC(=O)O)C1. The highest BCUT2D eigenvalue weighted by Crippen LogP contribution is 2.31. The zero-order chi connectivity index (χ0) is 15.4. The van der Waals surface area contributed by atoms with E-state index < -0.39 is 5.97 Å². The fraction of sp³-hybridized carbons (Fsp3) is 0.438. The first-order chi connectivity index (χ1) is 9.99. The maximum atomic E-state index is 10.8. The number of hydrogen-bond donors (Lipinski definition) is 1. The van der Waals surface area contributed by atoms with Crippen LogP contribution in [0, 0.1) is 0 Å². The lowest BCUT2D eigenvalue weighted by molar-refractivity contribution is -0.131. The van der Waals surface area contributed by atoms with E-state index in [1.807, 2.05) is 19.2 Å². The number of rotatable bonds is 4. The first-order valence-electron chi connectivity index (χ1n) is 7.10. The van der Waals surface area contributed by atoms with Crippen LogP contribution >= 0.6 is 11.6 Å². The molecular formula is C16H21ClN2O2. The largest absolute Gasteiger partial charge is 0.478 e. The Balaban J connectivity index is 2.29. The number of benzene rings is 1. The summed E-state index contributed by atoms with van der Waals surface area (Å²) in [6, 6.07) is 6.09. The zero-order valence-corrected chi connectivity index (χ0v) is 13.2. The second-order valence-corrected chi connectivity index (χ2v) is 5.92. The highest BCUT2D eigenvalue weighted by atomic mass is 35.5. The first kappa shape index (κ1) is 15.9. The van der Waals surface area contributed by atoms with Crippen molar-refractivity contribution < 1.29 is 9.90 Å². The third-order valence-electron chi connectivity index (χ3n) is 3.95. The predicted molar refractivity (Wildman–Crippen MR) is 87.0 cm³/mol. The van der Waals surface area contributed by atoms with Crippen LogP contribution in [0.25, 0.3) is 6.08 Å². The highest BCUT2D eigenvalue weighted by Gasteiger charge is 2.22. The van der Waals surface area contributed by atoms with Crippen molar-refractivity contribution in [2.45, 2.75) is 18.9 Å². The molecule has 1 saturated heterocycles. The zero-order valence-electron chi connectivity index (χ0n) is 12.4. The Labute approximate surface area is 130 Å². The maximum absolute atomic E-state index is 10.8. The van der Waals surface area contributed by atoms with E-state index in [2.05, 4.69) is 16.8 Å². The number of anilines is 1. The van der Waals surface area contributed by atoms with Gasteiger partial charge in [0.15, 0.2) is 0 Å². The van der Waals surface area contributed by atoms with Gasteiger partial charge in [0.2, 0.25) is 0 Å². The van der Waals surface area contributed by atoms with E-state index in [-0.39, 0.29) is 0 Å². The average molecular weight is 309 g/mol. The summed E-state index contributed by atoms with van der Waals surface area (Å²) in [6.45, 7) is 2.14. The number of carbonyl (C=O) groups is 1. The van der Waals surface area contributed by atoms with Crippen molar-refractivity contribution in [2.75, 3.05) is 32.1 Å². The van der Waals surface area contributed by atoms with E-state index in [1.165, 1.54) is 6.42 Å². The second-order valence-electron chi connectivity index (χ2n) is 5.51. The third kappa shape index (κ3) is 3.99. The number of aliphatic carboxylic acids is 1. The van der Waals surface area contributed by atoms with Crippen LogP contribution in [0.15, 0.2) is 24.3 Å². The summed E-state index contributed by atoms with van der Waals surface area (Å²) in [6.07, 6.45) is 5.01. The molecule has 1 aromatic carbocycles. The molecule has 4 nitrogen and oxygen atoms in total. The maximum Gasteiger partial charge on any atom is 0.328 e. The van der Waals surface area contributed by atoms with Crippen LogP contribution in [0.4, 0.5) is 5.69 Å². The molecule has 0 spiro atoms. The molecule has 0 amide bonds. The lowest BCUT2D eigenvalue weighted by Crippen LogP contribution is -2.45. The topological polar surface area (TPSA) is 43.8 Å². The number of carboxylic acid groups (broad SMARTS) is 1. The van der Waals surface area contributed by atoms with Crippen molar-refractivity contribution >= 4 is 29.3 Å². The van der Waals surface area contributed by atoms with Crippen molar-refractivity contribution in [1.29, 1.82) is 0 Å². The number of carboxylic acids is 1. The van der Waals surface area contributed by atoms with Crippen LogP contribution < -0.4 is 4.90 Å². The van der Waals surface area contributed by atoms with Gasteiger partial charge >= 0.3 is 5.97 Å². The summed E-state index contributed by atoms with van der Waals surface area (Å²) < 4.78 is 0. The van der Waals surface area contributed by atoms with E-state index in [9.17, 15) is 4.79 Å². The molecule has 1 unspecified atom stereocenters. The molecule has 1 aromatic rings. The molecule has 0 aliphatic carbocycles. The molecule has 1 heterocycles. The molecule has 1 N–H and O–H groups in total. The van der Waals surface area contributed by atoms with Crippen molar-refractivity contribution in [2.24, 2.45) is 0 Å². The van der Waals surface area contributed by atoms with Gasteiger partial charge in [0.1, 0.15) is 0 Å². The van der Waals surface area contributed by atoms with Crippen LogP contribution in [-0.4, -0.2) is 49.2 Å². The summed E-state index contributed by atoms with van der Waals surface area (Å²) in [5.41, 5.74) is 1.73. The number of halogens is 1. The molecule has 0 saturated carbocycles. The van der Waals surface area contributed by atoms with E-state index >= 15 is 0 Å². The quantitative estimate of drug-likeness (QED) is 0.869. The van der Waals surface area contributed by atoms with Crippen molar-refractivity contribution in [3.63, 3.8) is 0 Å². The van der Waals surface area contributed by atoms with Gasteiger partial charge in [-0.15, -0.1) is 0 Å². The fourth-order valence-corrected chi connectivity index (χ4v) is 3.04. The van der Waals surface area contributed by atoms with Crippen LogP contribution in [0.5, 0.6) is 0 Å². The monoisotopic (exact) mass is 308 g/mol. The van der Waals surface area contributed by atoms with Crippen molar-refractivity contribution in [1.82, 2.24) is 4.90 Å². The second kappa shape index (κ2) is 6.96. The Morgan fingerprint density at radius 1 is 1.52 bits per heavy atom. The minimum atomic E-state index is -0.971. The number of likely N-dealkylation sites (tertiary alicyclic amines) is 1. The molecular weight excluding hydrogens is 288 g/mol. The Morgan fingerprint density at radius 3 is 2.95 bits per heavy atom. The van der Waals surface area contributed by atoms with Crippen molar-refractivity contribution in [3.05, 3.63) is 34.9 Å². The lowest BCUT2D eigenvalue weighted by atomic mass is 10.0. The van der Waals surface area contributed by atoms with Crippen LogP contribution in [-0.2, 0) is 4.79 Å². The minimum Gasteiger partial charge on any atom is -0.478 e. The number of piperidine rings is 1. The van der Waals surface area contributed by atoms with E-state index in [1.54, 1.807) is 12.1 Å². The predicted octanol–water partition coefficient (Wildman–Crippen LogP) is 2.97. The number of nitrogens with zero attached hydrogens (tertiary/aromatic N) is 2. The van der Waals surface area contributed by atoms with Gasteiger partial charge in [-0.2, -0.15) is 0 Å². The number of likely N-dealkylation sites (N-methyl/N-ethyl adjacent to an activating group) is 2.